The molecule has 0 saturated heterocycles. The number of nitrogens with two attached hydrogens (primary N) is 1. The minimum atomic E-state index is -0.0681. The van der Waals surface area contributed by atoms with E-state index >= 15 is 0 Å². The van der Waals surface area contributed by atoms with E-state index in [4.69, 9.17) is 5.73 Å². The molecule has 1 heterocycles. The molecule has 0 saturated carbocycles. The van der Waals surface area contributed by atoms with Crippen LogP contribution in [0.15, 0.2) is 42.5 Å². The Hall–Kier alpha value is -2.86. The fourth-order valence-electron chi connectivity index (χ4n) is 2.45. The van der Waals surface area contributed by atoms with Crippen molar-refractivity contribution in [2.75, 3.05) is 11.9 Å². The Morgan fingerprint density at radius 2 is 1.75 bits per heavy atom. The smallest absolute Gasteiger partial charge is 0.169 e. The Kier molecular flexibility index (Phi) is 4.48. The number of aromatic hydroxyl groups is 2. The quantitative estimate of drug-likeness (QED) is 0.575. The van der Waals surface area contributed by atoms with Crippen LogP contribution in [0.5, 0.6) is 11.5 Å². The van der Waals surface area contributed by atoms with E-state index in [9.17, 15) is 10.2 Å². The van der Waals surface area contributed by atoms with Crippen molar-refractivity contribution >= 4 is 16.7 Å². The van der Waals surface area contributed by atoms with Crippen LogP contribution in [0.3, 0.4) is 0 Å². The maximum atomic E-state index is 10.1. The first-order chi connectivity index (χ1) is 11.6. The zero-order chi connectivity index (χ0) is 17.1. The molecule has 0 aliphatic heterocycles. The maximum Gasteiger partial charge on any atom is 0.169 e. The van der Waals surface area contributed by atoms with Gasteiger partial charge in [-0.3, -0.25) is 0 Å². The van der Waals surface area contributed by atoms with E-state index in [1.165, 1.54) is 12.1 Å². The van der Waals surface area contributed by atoms with E-state index in [-0.39, 0.29) is 28.9 Å². The Labute approximate surface area is 140 Å². The van der Waals surface area contributed by atoms with E-state index in [0.29, 0.717) is 12.4 Å². The molecule has 124 valence electrons. The number of rotatable bonds is 5. The van der Waals surface area contributed by atoms with Crippen molar-refractivity contribution in [2.24, 2.45) is 5.73 Å². The monoisotopic (exact) mass is 324 g/mol. The number of aromatic nitrogens is 2. The van der Waals surface area contributed by atoms with Gasteiger partial charge in [-0.15, -0.1) is 0 Å². The molecule has 5 N–H and O–H groups in total. The molecule has 2 aromatic carbocycles. The molecule has 24 heavy (non-hydrogen) atoms. The molecule has 3 aromatic rings. The van der Waals surface area contributed by atoms with Crippen LogP contribution in [-0.4, -0.2) is 32.8 Å². The summed E-state index contributed by atoms with van der Waals surface area (Å²) in [5.74, 6) is 0.752. The Morgan fingerprint density at radius 3 is 2.46 bits per heavy atom. The summed E-state index contributed by atoms with van der Waals surface area (Å²) in [7, 11) is 0. The van der Waals surface area contributed by atoms with Crippen molar-refractivity contribution in [2.45, 2.75) is 19.4 Å². The minimum Gasteiger partial charge on any atom is -0.507 e. The highest BCUT2D eigenvalue weighted by molar-refractivity contribution is 5.91. The molecule has 0 radical (unpaired) electrons. The van der Waals surface area contributed by atoms with Gasteiger partial charge in [0.25, 0.3) is 0 Å². The van der Waals surface area contributed by atoms with Gasteiger partial charge in [-0.25, -0.2) is 9.97 Å². The zero-order valence-corrected chi connectivity index (χ0v) is 13.4. The van der Waals surface area contributed by atoms with Crippen molar-refractivity contribution in [3.05, 3.63) is 42.5 Å². The molecule has 6 nitrogen and oxygen atoms in total. The van der Waals surface area contributed by atoms with Crippen molar-refractivity contribution in [1.82, 2.24) is 9.97 Å². The largest absolute Gasteiger partial charge is 0.507 e. The van der Waals surface area contributed by atoms with Gasteiger partial charge in [0.15, 0.2) is 5.82 Å². The number of nitrogens with zero attached hydrogens (tertiary/aromatic N) is 2. The lowest BCUT2D eigenvalue weighted by Crippen LogP contribution is -2.28. The molecule has 0 spiro atoms. The van der Waals surface area contributed by atoms with Gasteiger partial charge < -0.3 is 21.3 Å². The van der Waals surface area contributed by atoms with Crippen molar-refractivity contribution in [3.8, 4) is 22.9 Å². The third kappa shape index (κ3) is 3.09. The molecule has 0 unspecified atom stereocenters. The first kappa shape index (κ1) is 16.0. The van der Waals surface area contributed by atoms with Crippen LogP contribution in [0.1, 0.15) is 13.3 Å². The second-order valence-corrected chi connectivity index (χ2v) is 5.63. The normalized spacial score (nSPS) is 12.2. The van der Waals surface area contributed by atoms with Crippen molar-refractivity contribution in [1.29, 1.82) is 0 Å². The summed E-state index contributed by atoms with van der Waals surface area (Å²) in [4.78, 5) is 8.97. The van der Waals surface area contributed by atoms with Crippen LogP contribution < -0.4 is 11.1 Å². The molecular formula is C18H20N4O2. The number of benzene rings is 2. The van der Waals surface area contributed by atoms with Gasteiger partial charge in [0.1, 0.15) is 22.9 Å². The summed E-state index contributed by atoms with van der Waals surface area (Å²) in [5.41, 5.74) is 6.91. The highest BCUT2D eigenvalue weighted by Gasteiger charge is 2.16. The van der Waals surface area contributed by atoms with Gasteiger partial charge in [0, 0.05) is 18.0 Å². The van der Waals surface area contributed by atoms with E-state index in [1.54, 1.807) is 6.07 Å². The predicted molar refractivity (Wildman–Crippen MR) is 95.1 cm³/mol. The number of phenolic OH excluding ortho intramolecular Hbond substituents is 2. The molecule has 0 bridgehead atoms. The predicted octanol–water partition coefficient (Wildman–Crippen LogP) is 2.86. The number of fused-ring (bicyclic) bond motifs is 1. The van der Waals surface area contributed by atoms with Gasteiger partial charge in [0.2, 0.25) is 0 Å². The van der Waals surface area contributed by atoms with E-state index < -0.39 is 0 Å². The molecule has 0 amide bonds. The lowest BCUT2D eigenvalue weighted by atomic mass is 10.1. The lowest BCUT2D eigenvalue weighted by Gasteiger charge is -2.14. The van der Waals surface area contributed by atoms with Crippen LogP contribution in [-0.2, 0) is 0 Å². The topological polar surface area (TPSA) is 104 Å². The number of anilines is 1. The fraction of sp³-hybridized carbons (Fsp3) is 0.222. The molecule has 6 heteroatoms. The lowest BCUT2D eigenvalue weighted by molar-refractivity contribution is 0.453. The van der Waals surface area contributed by atoms with Crippen LogP contribution in [0, 0.1) is 0 Å². The molecule has 0 aliphatic carbocycles. The number of para-hydroxylation sites is 1. The third-order valence-corrected chi connectivity index (χ3v) is 3.90. The van der Waals surface area contributed by atoms with Crippen LogP contribution >= 0.6 is 0 Å². The summed E-state index contributed by atoms with van der Waals surface area (Å²) < 4.78 is 0. The van der Waals surface area contributed by atoms with Gasteiger partial charge >= 0.3 is 0 Å². The van der Waals surface area contributed by atoms with Crippen LogP contribution in [0.25, 0.3) is 22.3 Å². The number of hydrogen-bond acceptors (Lipinski definition) is 6. The molecule has 0 fully saturated rings. The second kappa shape index (κ2) is 6.72. The molecule has 1 atom stereocenters. The molecular weight excluding hydrogens is 304 g/mol. The maximum absolute atomic E-state index is 10.1. The Bertz CT molecular complexity index is 847. The van der Waals surface area contributed by atoms with Gasteiger partial charge in [-0.05, 0) is 30.7 Å². The van der Waals surface area contributed by atoms with Crippen molar-refractivity contribution < 1.29 is 10.2 Å². The van der Waals surface area contributed by atoms with Gasteiger partial charge in [-0.1, -0.05) is 25.1 Å². The van der Waals surface area contributed by atoms with E-state index in [2.05, 4.69) is 15.3 Å². The molecule has 1 aromatic heterocycles. The van der Waals surface area contributed by atoms with Crippen LogP contribution in [0.2, 0.25) is 0 Å². The summed E-state index contributed by atoms with van der Waals surface area (Å²) in [6, 6.07) is 12.1. The highest BCUT2D eigenvalue weighted by Crippen LogP contribution is 2.36. The Morgan fingerprint density at radius 1 is 1.04 bits per heavy atom. The fourth-order valence-corrected chi connectivity index (χ4v) is 2.45. The first-order valence-electron chi connectivity index (χ1n) is 7.87. The van der Waals surface area contributed by atoms with E-state index in [1.807, 2.05) is 31.2 Å². The average Bonchev–Trinajstić information content (AvgIpc) is 2.59. The number of nitrogens with one attached hydrogen (secondary N) is 1. The SMILES string of the molecule is CC[C@@H](N)CNc1nc(-c2c(O)cccc2O)nc2ccccc12. The Balaban J connectivity index is 2.13. The summed E-state index contributed by atoms with van der Waals surface area (Å²) in [6.07, 6.45) is 0.850. The highest BCUT2D eigenvalue weighted by atomic mass is 16.3. The average molecular weight is 324 g/mol. The zero-order valence-electron chi connectivity index (χ0n) is 13.4. The van der Waals surface area contributed by atoms with Crippen LogP contribution in [0.4, 0.5) is 5.82 Å². The summed E-state index contributed by atoms with van der Waals surface area (Å²) >= 11 is 0. The number of hydrogen-bond donors (Lipinski definition) is 4. The summed E-state index contributed by atoms with van der Waals surface area (Å²) in [6.45, 7) is 2.60. The summed E-state index contributed by atoms with van der Waals surface area (Å²) in [5, 5.41) is 24.3. The van der Waals surface area contributed by atoms with E-state index in [0.717, 1.165) is 17.3 Å². The third-order valence-electron chi connectivity index (χ3n) is 3.90. The minimum absolute atomic E-state index is 0.0145. The first-order valence-corrected chi connectivity index (χ1v) is 7.87. The number of phenols is 2. The molecule has 3 rings (SSSR count). The van der Waals surface area contributed by atoms with Crippen molar-refractivity contribution in [3.63, 3.8) is 0 Å². The van der Waals surface area contributed by atoms with Gasteiger partial charge in [-0.2, -0.15) is 0 Å². The van der Waals surface area contributed by atoms with Gasteiger partial charge in [0.05, 0.1) is 5.52 Å². The second-order valence-electron chi connectivity index (χ2n) is 5.63. The molecule has 0 aliphatic rings. The standard InChI is InChI=1S/C18H20N4O2/c1-2-11(19)10-20-17-12-6-3-4-7-13(12)21-18(22-17)16-14(23)8-5-9-15(16)24/h3-9,11,23-24H,2,10,19H2,1H3,(H,20,21,22)/t11-/m1/s1.